The summed E-state index contributed by atoms with van der Waals surface area (Å²) in [5.74, 6) is 1.72. The summed E-state index contributed by atoms with van der Waals surface area (Å²) in [6, 6.07) is 13.8. The van der Waals surface area contributed by atoms with E-state index in [1.807, 2.05) is 19.1 Å². The van der Waals surface area contributed by atoms with Crippen LogP contribution in [0.4, 0.5) is 0 Å². The topological polar surface area (TPSA) is 81.0 Å². The van der Waals surface area contributed by atoms with Gasteiger partial charge >= 0.3 is 0 Å². The van der Waals surface area contributed by atoms with E-state index >= 15 is 0 Å². The molecule has 2 heterocycles. The van der Waals surface area contributed by atoms with Crippen molar-refractivity contribution >= 4 is 22.7 Å². The van der Waals surface area contributed by atoms with Crippen LogP contribution < -0.4 is 10.3 Å². The first-order chi connectivity index (χ1) is 15.2. The molecule has 0 aliphatic rings. The molecule has 0 bridgehead atoms. The first-order valence-electron chi connectivity index (χ1n) is 10.5. The highest BCUT2D eigenvalue weighted by atomic mass is 32.2. The number of fused-ring (bicyclic) bond motifs is 1. The second-order valence-electron chi connectivity index (χ2n) is 8.98. The SMILES string of the molecule is Cc1cc(C)c2[nH]c(=O)cc(CSc3nnc(COc4ccc(C(C)(C)C)cc4)o3)c2c1. The molecule has 166 valence electrons. The lowest BCUT2D eigenvalue weighted by atomic mass is 9.87. The molecule has 7 heteroatoms. The van der Waals surface area contributed by atoms with Crippen molar-refractivity contribution in [1.82, 2.24) is 15.2 Å². The first kappa shape index (κ1) is 22.1. The fourth-order valence-electron chi connectivity index (χ4n) is 3.59. The number of aryl methyl sites for hydroxylation is 2. The maximum Gasteiger partial charge on any atom is 0.277 e. The summed E-state index contributed by atoms with van der Waals surface area (Å²) in [4.78, 5) is 15.1. The van der Waals surface area contributed by atoms with Gasteiger partial charge in [0.2, 0.25) is 5.56 Å². The van der Waals surface area contributed by atoms with Gasteiger partial charge in [0, 0.05) is 17.2 Å². The monoisotopic (exact) mass is 449 g/mol. The van der Waals surface area contributed by atoms with E-state index in [1.165, 1.54) is 17.3 Å². The highest BCUT2D eigenvalue weighted by molar-refractivity contribution is 7.98. The van der Waals surface area contributed by atoms with Gasteiger partial charge in [0.15, 0.2) is 6.61 Å². The Morgan fingerprint density at radius 3 is 2.53 bits per heavy atom. The average molecular weight is 450 g/mol. The lowest BCUT2D eigenvalue weighted by molar-refractivity contribution is 0.252. The van der Waals surface area contributed by atoms with Crippen molar-refractivity contribution in [3.63, 3.8) is 0 Å². The maximum absolute atomic E-state index is 12.1. The minimum atomic E-state index is -0.114. The summed E-state index contributed by atoms with van der Waals surface area (Å²) in [5.41, 5.74) is 5.25. The molecule has 0 spiro atoms. The van der Waals surface area contributed by atoms with Gasteiger partial charge in [-0.2, -0.15) is 0 Å². The summed E-state index contributed by atoms with van der Waals surface area (Å²) in [7, 11) is 0. The van der Waals surface area contributed by atoms with E-state index in [0.29, 0.717) is 16.9 Å². The second kappa shape index (κ2) is 8.82. The third kappa shape index (κ3) is 5.05. The number of pyridine rings is 1. The van der Waals surface area contributed by atoms with Crippen molar-refractivity contribution in [1.29, 1.82) is 0 Å². The van der Waals surface area contributed by atoms with Gasteiger partial charge in [-0.25, -0.2) is 0 Å². The van der Waals surface area contributed by atoms with Gasteiger partial charge in [-0.3, -0.25) is 4.79 Å². The van der Waals surface area contributed by atoms with Crippen LogP contribution in [0.25, 0.3) is 10.9 Å². The number of ether oxygens (including phenoxy) is 1. The van der Waals surface area contributed by atoms with Crippen LogP contribution in [0.1, 0.15) is 48.9 Å². The van der Waals surface area contributed by atoms with Crippen LogP contribution in [0, 0.1) is 13.8 Å². The maximum atomic E-state index is 12.1. The summed E-state index contributed by atoms with van der Waals surface area (Å²) in [5, 5.41) is 9.67. The third-order valence-electron chi connectivity index (χ3n) is 5.26. The minimum absolute atomic E-state index is 0.101. The Morgan fingerprint density at radius 1 is 1.06 bits per heavy atom. The fraction of sp³-hybridized carbons (Fsp3) is 0.320. The van der Waals surface area contributed by atoms with Crippen molar-refractivity contribution in [3.8, 4) is 5.75 Å². The molecule has 6 nitrogen and oxygen atoms in total. The zero-order valence-electron chi connectivity index (χ0n) is 19.0. The lowest BCUT2D eigenvalue weighted by Gasteiger charge is -2.19. The number of benzene rings is 2. The van der Waals surface area contributed by atoms with Gasteiger partial charge in [-0.05, 0) is 54.2 Å². The van der Waals surface area contributed by atoms with Crippen LogP contribution in [0.15, 0.2) is 56.9 Å². The van der Waals surface area contributed by atoms with Crippen molar-refractivity contribution in [3.05, 3.63) is 81.0 Å². The van der Waals surface area contributed by atoms with Crippen LogP contribution in [0.2, 0.25) is 0 Å². The van der Waals surface area contributed by atoms with Gasteiger partial charge < -0.3 is 14.1 Å². The number of hydrogen-bond donors (Lipinski definition) is 1. The Balaban J connectivity index is 1.42. The molecule has 1 N–H and O–H groups in total. The number of aromatic nitrogens is 3. The number of nitrogens with zero attached hydrogens (tertiary/aromatic N) is 2. The Kier molecular flexibility index (Phi) is 6.11. The summed E-state index contributed by atoms with van der Waals surface area (Å²) < 4.78 is 11.5. The van der Waals surface area contributed by atoms with Crippen LogP contribution >= 0.6 is 11.8 Å². The average Bonchev–Trinajstić information content (AvgIpc) is 3.19. The number of nitrogens with one attached hydrogen (secondary N) is 1. The van der Waals surface area contributed by atoms with E-state index in [9.17, 15) is 4.79 Å². The molecule has 2 aromatic heterocycles. The van der Waals surface area contributed by atoms with Gasteiger partial charge in [-0.1, -0.05) is 56.3 Å². The first-order valence-corrected chi connectivity index (χ1v) is 11.5. The van der Waals surface area contributed by atoms with Crippen molar-refractivity contribution < 1.29 is 9.15 Å². The number of rotatable bonds is 6. The zero-order chi connectivity index (χ0) is 22.9. The molecule has 4 rings (SSSR count). The van der Waals surface area contributed by atoms with E-state index in [0.717, 1.165) is 33.3 Å². The molecule has 2 aromatic carbocycles. The molecule has 32 heavy (non-hydrogen) atoms. The number of aromatic amines is 1. The van der Waals surface area contributed by atoms with E-state index in [2.05, 4.69) is 67.1 Å². The fourth-order valence-corrected chi connectivity index (χ4v) is 4.36. The molecule has 0 atom stereocenters. The van der Waals surface area contributed by atoms with Crippen LogP contribution in [-0.2, 0) is 17.8 Å². The van der Waals surface area contributed by atoms with E-state index in [-0.39, 0.29) is 17.6 Å². The van der Waals surface area contributed by atoms with Crippen molar-refractivity contribution in [2.24, 2.45) is 0 Å². The Hall–Kier alpha value is -3.06. The summed E-state index contributed by atoms with van der Waals surface area (Å²) in [6.07, 6.45) is 0. The molecule has 0 saturated heterocycles. The quantitative estimate of drug-likeness (QED) is 0.381. The Morgan fingerprint density at radius 2 is 1.81 bits per heavy atom. The normalized spacial score (nSPS) is 11.8. The van der Waals surface area contributed by atoms with Crippen LogP contribution in [0.5, 0.6) is 5.75 Å². The Labute approximate surface area is 191 Å². The summed E-state index contributed by atoms with van der Waals surface area (Å²) >= 11 is 1.41. The molecule has 0 unspecified atom stereocenters. The molecule has 0 aliphatic carbocycles. The lowest BCUT2D eigenvalue weighted by Crippen LogP contribution is -2.10. The van der Waals surface area contributed by atoms with Crippen molar-refractivity contribution in [2.45, 2.75) is 57.6 Å². The molecule has 0 fully saturated rings. The van der Waals surface area contributed by atoms with Gasteiger partial charge in [0.1, 0.15) is 5.75 Å². The molecule has 4 aromatic rings. The standard InChI is InChI=1S/C25H27N3O3S/c1-15-10-16(2)23-20(11-15)17(12-21(29)26-23)14-32-24-28-27-22(31-24)13-30-19-8-6-18(7-9-19)25(3,4)5/h6-12H,13-14H2,1-5H3,(H,26,29). The van der Waals surface area contributed by atoms with E-state index in [1.54, 1.807) is 6.07 Å². The number of H-pyrrole nitrogens is 1. The number of thioether (sulfide) groups is 1. The molecule has 0 radical (unpaired) electrons. The van der Waals surface area contributed by atoms with Crippen LogP contribution in [-0.4, -0.2) is 15.2 Å². The molecular formula is C25H27N3O3S. The van der Waals surface area contributed by atoms with E-state index in [4.69, 9.17) is 9.15 Å². The smallest absolute Gasteiger partial charge is 0.277 e. The van der Waals surface area contributed by atoms with Gasteiger partial charge in [0.25, 0.3) is 11.1 Å². The summed E-state index contributed by atoms with van der Waals surface area (Å²) in [6.45, 7) is 10.8. The molecule has 0 amide bonds. The molecular weight excluding hydrogens is 422 g/mol. The molecule has 0 saturated carbocycles. The predicted molar refractivity (Wildman–Crippen MR) is 127 cm³/mol. The van der Waals surface area contributed by atoms with Crippen molar-refractivity contribution in [2.75, 3.05) is 0 Å². The van der Waals surface area contributed by atoms with Gasteiger partial charge in [-0.15, -0.1) is 10.2 Å². The van der Waals surface area contributed by atoms with Gasteiger partial charge in [0.05, 0.1) is 5.52 Å². The third-order valence-corrected chi connectivity index (χ3v) is 6.13. The highest BCUT2D eigenvalue weighted by Gasteiger charge is 2.14. The van der Waals surface area contributed by atoms with Crippen LogP contribution in [0.3, 0.4) is 0 Å². The largest absolute Gasteiger partial charge is 0.484 e. The highest BCUT2D eigenvalue weighted by Crippen LogP contribution is 2.28. The number of hydrogen-bond acceptors (Lipinski definition) is 6. The predicted octanol–water partition coefficient (Wildman–Crippen LogP) is 5.70. The minimum Gasteiger partial charge on any atom is -0.484 e. The second-order valence-corrected chi connectivity index (χ2v) is 9.90. The molecule has 0 aliphatic heterocycles. The Bertz CT molecular complexity index is 1300. The zero-order valence-corrected chi connectivity index (χ0v) is 19.8. The van der Waals surface area contributed by atoms with E-state index < -0.39 is 0 Å².